The zero-order valence-electron chi connectivity index (χ0n) is 18.9. The zero-order chi connectivity index (χ0) is 28.3. The summed E-state index contributed by atoms with van der Waals surface area (Å²) in [6.07, 6.45) is 0. The van der Waals surface area contributed by atoms with Crippen molar-refractivity contribution in [3.63, 3.8) is 0 Å². The molecule has 8 N–H and O–H groups in total. The van der Waals surface area contributed by atoms with Gasteiger partial charge in [-0.2, -0.15) is 0 Å². The number of nitrogens with zero attached hydrogens (tertiary/aromatic N) is 6. The third-order valence-corrected chi connectivity index (χ3v) is 3.66. The fraction of sp³-hybridized carbons (Fsp3) is 0.600. The van der Waals surface area contributed by atoms with Gasteiger partial charge in [0.1, 0.15) is 0 Å². The van der Waals surface area contributed by atoms with Crippen LogP contribution in [0.1, 0.15) is 11.6 Å². The molecule has 0 saturated carbocycles. The van der Waals surface area contributed by atoms with E-state index in [-0.39, 0.29) is 0 Å². The maximum Gasteiger partial charge on any atom is 0.674 e. The molecular weight excluding hydrogens is 516 g/mol. The van der Waals surface area contributed by atoms with E-state index in [9.17, 15) is 17.3 Å². The van der Waals surface area contributed by atoms with Crippen LogP contribution in [0.2, 0.25) is 0 Å². The minimum atomic E-state index is -2.67. The van der Waals surface area contributed by atoms with Gasteiger partial charge in [-0.1, -0.05) is 0 Å². The molecule has 0 unspecified atom stereocenters. The summed E-state index contributed by atoms with van der Waals surface area (Å²) in [7, 11) is -3.09. The molecule has 0 bridgehead atoms. The third kappa shape index (κ3) is 28.4. The van der Waals surface area contributed by atoms with Gasteiger partial charge in [0.05, 0.1) is 28.2 Å². The standard InChI is InChI=1S/2C5H9N3S.4BFH2O2/c2*1-4-7(2)5(9)6-8(4)3;4*2-1(3)4/h2*1-3H3;4*3-4H. The summed E-state index contributed by atoms with van der Waals surface area (Å²) < 4.78 is 47.7. The minimum Gasteiger partial charge on any atom is -0.703 e. The van der Waals surface area contributed by atoms with Crippen molar-refractivity contribution in [3.8, 4) is 0 Å². The van der Waals surface area contributed by atoms with Crippen LogP contribution in [0.3, 0.4) is 0 Å². The van der Waals surface area contributed by atoms with E-state index in [1.807, 2.05) is 51.2 Å². The molecular formula is C10H26B4F4N6O8S2. The number of hydrogen-bond acceptors (Lipinski definition) is 12. The number of halogens is 4. The van der Waals surface area contributed by atoms with Crippen LogP contribution in [-0.2, 0) is 53.4 Å². The summed E-state index contributed by atoms with van der Waals surface area (Å²) in [5.41, 5.74) is 0. The fourth-order valence-electron chi connectivity index (χ4n) is 1.25. The molecule has 0 atom stereocenters. The van der Waals surface area contributed by atoms with Crippen molar-refractivity contribution in [2.75, 3.05) is 0 Å². The Hall–Kier alpha value is -1.62. The second kappa shape index (κ2) is 21.9. The predicted molar refractivity (Wildman–Crippen MR) is 115 cm³/mol. The van der Waals surface area contributed by atoms with Crippen LogP contribution >= 0.6 is 0 Å². The Morgan fingerprint density at radius 2 is 0.765 bits per heavy atom. The molecule has 2 aromatic heterocycles. The van der Waals surface area contributed by atoms with Gasteiger partial charge >= 0.3 is 29.6 Å². The van der Waals surface area contributed by atoms with Crippen LogP contribution < -0.4 is 9.13 Å². The van der Waals surface area contributed by atoms with E-state index in [2.05, 4.69) is 10.2 Å². The molecule has 0 saturated heterocycles. The SMILES string of the molecule is Cc1n(C)nc([S-])[n+]1C.Cc1n(C)nc([S-])[n+]1C.OB(O)F.OB(O)F.OB(O)F.OB(O)F. The van der Waals surface area contributed by atoms with E-state index in [1.54, 1.807) is 9.36 Å². The lowest BCUT2D eigenvalue weighted by Crippen LogP contribution is -2.32. The normalized spacial score (nSPS) is 8.53. The number of rotatable bonds is 0. The van der Waals surface area contributed by atoms with Gasteiger partial charge in [0.15, 0.2) is 10.3 Å². The van der Waals surface area contributed by atoms with E-state index in [1.165, 1.54) is 0 Å². The van der Waals surface area contributed by atoms with Gasteiger partial charge in [-0.25, -0.2) is 0 Å². The predicted octanol–water partition coefficient (Wildman–Crippen LogP) is -5.38. The van der Waals surface area contributed by atoms with Gasteiger partial charge in [0.25, 0.3) is 0 Å². The molecule has 0 fully saturated rings. The molecule has 0 aliphatic heterocycles. The first-order valence-electron chi connectivity index (χ1n) is 8.32. The third-order valence-electron chi connectivity index (χ3n) is 2.95. The summed E-state index contributed by atoms with van der Waals surface area (Å²) in [5, 5.41) is 64.8. The molecule has 2 heterocycles. The van der Waals surface area contributed by atoms with Crippen LogP contribution in [0.25, 0.3) is 0 Å². The van der Waals surface area contributed by atoms with Crippen LogP contribution in [-0.4, -0.2) is 89.3 Å². The van der Waals surface area contributed by atoms with Crippen molar-refractivity contribution in [2.24, 2.45) is 28.2 Å². The van der Waals surface area contributed by atoms with E-state index in [4.69, 9.17) is 65.4 Å². The Morgan fingerprint density at radius 3 is 0.794 bits per heavy atom. The lowest BCUT2D eigenvalue weighted by molar-refractivity contribution is -0.715. The highest BCUT2D eigenvalue weighted by atomic mass is 32.1. The summed E-state index contributed by atoms with van der Waals surface area (Å²) in [5.74, 6) is 2.14. The maximum absolute atomic E-state index is 10.1. The van der Waals surface area contributed by atoms with Crippen molar-refractivity contribution in [1.82, 2.24) is 19.6 Å². The highest BCUT2D eigenvalue weighted by Crippen LogP contribution is 1.87. The highest BCUT2D eigenvalue weighted by Gasteiger charge is 2.06. The first-order valence-corrected chi connectivity index (χ1v) is 9.14. The van der Waals surface area contributed by atoms with E-state index < -0.39 is 29.6 Å². The monoisotopic (exact) mass is 542 g/mol. The van der Waals surface area contributed by atoms with Crippen LogP contribution in [0, 0.1) is 13.8 Å². The topological polar surface area (TPSA) is 205 Å². The van der Waals surface area contributed by atoms with Gasteiger partial charge < -0.3 is 65.4 Å². The molecule has 0 aromatic carbocycles. The average Bonchev–Trinajstić information content (AvgIpc) is 2.97. The van der Waals surface area contributed by atoms with Crippen LogP contribution in [0.15, 0.2) is 10.3 Å². The summed E-state index contributed by atoms with van der Waals surface area (Å²) >= 11 is 9.79. The molecule has 2 rings (SSSR count). The Balaban J connectivity index is -0.000000168. The van der Waals surface area contributed by atoms with Crippen molar-refractivity contribution in [2.45, 2.75) is 24.2 Å². The Kier molecular flexibility index (Phi) is 25.5. The highest BCUT2D eigenvalue weighted by molar-refractivity contribution is 7.58. The number of hydrogen-bond donors (Lipinski definition) is 8. The molecule has 0 radical (unpaired) electrons. The summed E-state index contributed by atoms with van der Waals surface area (Å²) in [6, 6.07) is 0. The zero-order valence-corrected chi connectivity index (χ0v) is 20.5. The fourth-order valence-corrected chi connectivity index (χ4v) is 1.76. The minimum absolute atomic E-state index is 0.634. The molecule has 0 aliphatic rings. The molecule has 14 nitrogen and oxygen atoms in total. The van der Waals surface area contributed by atoms with Crippen LogP contribution in [0.5, 0.6) is 0 Å². The van der Waals surface area contributed by atoms with E-state index in [0.717, 1.165) is 11.6 Å². The molecule has 24 heteroatoms. The second-order valence-electron chi connectivity index (χ2n) is 5.27. The van der Waals surface area contributed by atoms with Crippen molar-refractivity contribution in [3.05, 3.63) is 11.6 Å². The van der Waals surface area contributed by atoms with Gasteiger partial charge in [0.2, 0.25) is 11.6 Å². The maximum atomic E-state index is 10.1. The Labute approximate surface area is 205 Å². The second-order valence-corrected chi connectivity index (χ2v) is 6.00. The first-order chi connectivity index (χ1) is 15.2. The van der Waals surface area contributed by atoms with E-state index in [0.29, 0.717) is 10.3 Å². The first kappa shape index (κ1) is 39.6. The molecule has 0 amide bonds. The largest absolute Gasteiger partial charge is 0.703 e. The van der Waals surface area contributed by atoms with Crippen LogP contribution in [0.4, 0.5) is 17.3 Å². The molecule has 196 valence electrons. The Bertz CT molecular complexity index is 651. The van der Waals surface area contributed by atoms with Crippen molar-refractivity contribution >= 4 is 54.8 Å². The Morgan fingerprint density at radius 1 is 0.618 bits per heavy atom. The number of aromatic nitrogens is 6. The molecule has 34 heavy (non-hydrogen) atoms. The summed E-state index contributed by atoms with van der Waals surface area (Å²) in [6.45, 7) is 3.95. The van der Waals surface area contributed by atoms with Crippen molar-refractivity contribution in [1.29, 1.82) is 0 Å². The summed E-state index contributed by atoms with van der Waals surface area (Å²) in [4.78, 5) is 0. The molecule has 0 aliphatic carbocycles. The smallest absolute Gasteiger partial charge is 0.674 e. The van der Waals surface area contributed by atoms with E-state index >= 15 is 0 Å². The quantitative estimate of drug-likeness (QED) is 0.0681. The lowest BCUT2D eigenvalue weighted by atomic mass is 10.3. The van der Waals surface area contributed by atoms with Gasteiger partial charge in [-0.15, -0.1) is 9.36 Å². The molecule has 2 aromatic rings. The van der Waals surface area contributed by atoms with Gasteiger partial charge in [-0.05, 0) is 0 Å². The average molecular weight is 542 g/mol. The van der Waals surface area contributed by atoms with Gasteiger partial charge in [0, 0.05) is 24.0 Å². The lowest BCUT2D eigenvalue weighted by Gasteiger charge is -1.92. The van der Waals surface area contributed by atoms with Gasteiger partial charge in [-0.3, -0.25) is 26.4 Å². The number of aryl methyl sites for hydroxylation is 2. The molecule has 0 spiro atoms. The van der Waals surface area contributed by atoms with Crippen molar-refractivity contribution < 1.29 is 66.6 Å².